The highest BCUT2D eigenvalue weighted by Crippen LogP contribution is 2.47. The highest BCUT2D eigenvalue weighted by molar-refractivity contribution is 6.47. The van der Waals surface area contributed by atoms with Crippen molar-refractivity contribution in [2.45, 2.75) is 32.2 Å². The van der Waals surface area contributed by atoms with Gasteiger partial charge in [0.25, 0.3) is 0 Å². The van der Waals surface area contributed by atoms with E-state index >= 15 is 0 Å². The van der Waals surface area contributed by atoms with Crippen LogP contribution in [0, 0.1) is 5.41 Å². The van der Waals surface area contributed by atoms with E-state index in [2.05, 4.69) is 22.0 Å². The Morgan fingerprint density at radius 1 is 0.914 bits per heavy atom. The molecular formula is C29H27N3O3. The zero-order chi connectivity index (χ0) is 23.7. The molecule has 0 aliphatic carbocycles. The van der Waals surface area contributed by atoms with E-state index in [1.165, 1.54) is 12.8 Å². The fourth-order valence-corrected chi connectivity index (χ4v) is 6.66. The van der Waals surface area contributed by atoms with Gasteiger partial charge in [-0.05, 0) is 49.8 Å². The van der Waals surface area contributed by atoms with Crippen LogP contribution in [-0.2, 0) is 34.3 Å². The minimum Gasteiger partial charge on any atom is -0.386 e. The molecule has 0 bridgehead atoms. The third kappa shape index (κ3) is 2.93. The second-order valence-corrected chi connectivity index (χ2v) is 10.3. The number of fused-ring (bicyclic) bond motifs is 4. The van der Waals surface area contributed by atoms with Gasteiger partial charge in [0.2, 0.25) is 0 Å². The Balaban J connectivity index is 1.53. The predicted molar refractivity (Wildman–Crippen MR) is 136 cm³/mol. The first-order valence-corrected chi connectivity index (χ1v) is 12.4. The van der Waals surface area contributed by atoms with E-state index < -0.39 is 11.9 Å². The summed E-state index contributed by atoms with van der Waals surface area (Å²) in [7, 11) is 1.96. The van der Waals surface area contributed by atoms with E-state index in [1.807, 2.05) is 54.2 Å². The van der Waals surface area contributed by atoms with Crippen LogP contribution in [0.15, 0.2) is 54.7 Å². The summed E-state index contributed by atoms with van der Waals surface area (Å²) in [5.41, 5.74) is 5.90. The molecule has 35 heavy (non-hydrogen) atoms. The summed E-state index contributed by atoms with van der Waals surface area (Å²) >= 11 is 0. The molecule has 1 spiro atoms. The summed E-state index contributed by atoms with van der Waals surface area (Å²) in [4.78, 5) is 26.6. The molecule has 0 radical (unpaired) electrons. The first-order valence-electron chi connectivity index (χ1n) is 12.4. The van der Waals surface area contributed by atoms with Crippen LogP contribution in [-0.4, -0.2) is 34.2 Å². The maximum atomic E-state index is 13.4. The standard InChI is InChI=1S/C29H27N3O3/c1-31-16-20(18-7-2-4-9-21(18)31)25-26(28(34)35-27(25)33)24-19-8-3-5-10-22(19)32-14-12-29(15-23(24)32)11-6-13-30-17-29/h2-5,7-10,16,30H,6,11-15,17H2,1H3. The number of aryl methyl sites for hydroxylation is 2. The Bertz CT molecular complexity index is 1580. The molecule has 0 amide bonds. The molecule has 1 N–H and O–H groups in total. The summed E-state index contributed by atoms with van der Waals surface area (Å²) in [5.74, 6) is -1.10. The average Bonchev–Trinajstić information content (AvgIpc) is 3.47. The zero-order valence-corrected chi connectivity index (χ0v) is 19.8. The second kappa shape index (κ2) is 7.43. The monoisotopic (exact) mass is 465 g/mol. The normalized spacial score (nSPS) is 22.4. The largest absolute Gasteiger partial charge is 0.386 e. The topological polar surface area (TPSA) is 65.3 Å². The number of piperidine rings is 1. The molecule has 0 saturated carbocycles. The summed E-state index contributed by atoms with van der Waals surface area (Å²) < 4.78 is 9.69. The number of nitrogens with one attached hydrogen (secondary N) is 1. The Morgan fingerprint density at radius 3 is 2.46 bits per heavy atom. The van der Waals surface area contributed by atoms with Gasteiger partial charge >= 0.3 is 11.9 Å². The molecule has 1 fully saturated rings. The van der Waals surface area contributed by atoms with Gasteiger partial charge in [0.1, 0.15) is 0 Å². The van der Waals surface area contributed by atoms with Gasteiger partial charge in [-0.25, -0.2) is 9.59 Å². The van der Waals surface area contributed by atoms with Crippen molar-refractivity contribution in [3.63, 3.8) is 0 Å². The molecule has 1 saturated heterocycles. The number of nitrogens with zero attached hydrogens (tertiary/aromatic N) is 2. The number of ether oxygens (including phenoxy) is 1. The van der Waals surface area contributed by atoms with Crippen LogP contribution in [0.1, 0.15) is 36.1 Å². The summed E-state index contributed by atoms with van der Waals surface area (Å²) in [5, 5.41) is 5.56. The first kappa shape index (κ1) is 20.7. The lowest BCUT2D eigenvalue weighted by molar-refractivity contribution is -0.149. The lowest BCUT2D eigenvalue weighted by Crippen LogP contribution is -2.44. The number of carbonyl (C=O) groups excluding carboxylic acids is 2. The minimum absolute atomic E-state index is 0.185. The number of aromatic nitrogens is 2. The number of hydrogen-bond donors (Lipinski definition) is 1. The third-order valence-electron chi connectivity index (χ3n) is 8.31. The lowest BCUT2D eigenvalue weighted by atomic mass is 9.72. The molecule has 4 aromatic rings. The molecule has 2 aromatic carbocycles. The number of carbonyl (C=O) groups is 2. The van der Waals surface area contributed by atoms with Crippen LogP contribution in [0.3, 0.4) is 0 Å². The van der Waals surface area contributed by atoms with E-state index in [4.69, 9.17) is 4.74 Å². The van der Waals surface area contributed by atoms with E-state index in [1.54, 1.807) is 0 Å². The molecule has 1 atom stereocenters. The molecule has 1 unspecified atom stereocenters. The number of esters is 2. The summed E-state index contributed by atoms with van der Waals surface area (Å²) in [6.45, 7) is 2.97. The minimum atomic E-state index is -0.560. The molecule has 6 nitrogen and oxygen atoms in total. The number of benzene rings is 2. The van der Waals surface area contributed by atoms with E-state index in [0.717, 1.165) is 71.1 Å². The van der Waals surface area contributed by atoms with Gasteiger partial charge in [-0.2, -0.15) is 0 Å². The molecule has 6 heteroatoms. The van der Waals surface area contributed by atoms with Gasteiger partial charge in [-0.1, -0.05) is 36.4 Å². The Hall–Kier alpha value is -3.64. The molecule has 176 valence electrons. The Morgan fingerprint density at radius 2 is 1.66 bits per heavy atom. The molecule has 2 aromatic heterocycles. The zero-order valence-electron chi connectivity index (χ0n) is 19.8. The van der Waals surface area contributed by atoms with E-state index in [0.29, 0.717) is 11.1 Å². The van der Waals surface area contributed by atoms with Gasteiger partial charge in [-0.3, -0.25) is 0 Å². The number of hydrogen-bond acceptors (Lipinski definition) is 4. The van der Waals surface area contributed by atoms with Crippen molar-refractivity contribution in [1.82, 2.24) is 14.5 Å². The first-order chi connectivity index (χ1) is 17.1. The van der Waals surface area contributed by atoms with E-state index in [9.17, 15) is 9.59 Å². The molecule has 5 heterocycles. The van der Waals surface area contributed by atoms with Crippen molar-refractivity contribution < 1.29 is 14.3 Å². The van der Waals surface area contributed by atoms with Crippen molar-refractivity contribution in [2.75, 3.05) is 13.1 Å². The lowest BCUT2D eigenvalue weighted by Gasteiger charge is -2.42. The van der Waals surface area contributed by atoms with Crippen LogP contribution in [0.4, 0.5) is 0 Å². The van der Waals surface area contributed by atoms with Gasteiger partial charge < -0.3 is 19.2 Å². The maximum Gasteiger partial charge on any atom is 0.347 e. The highest BCUT2D eigenvalue weighted by Gasteiger charge is 2.43. The van der Waals surface area contributed by atoms with Crippen LogP contribution in [0.5, 0.6) is 0 Å². The van der Waals surface area contributed by atoms with Crippen molar-refractivity contribution in [3.05, 3.63) is 71.5 Å². The van der Waals surface area contributed by atoms with E-state index in [-0.39, 0.29) is 5.41 Å². The van der Waals surface area contributed by atoms with Crippen LogP contribution >= 0.6 is 0 Å². The Kier molecular flexibility index (Phi) is 4.39. The summed E-state index contributed by atoms with van der Waals surface area (Å²) in [6.07, 6.45) is 6.29. The van der Waals surface area contributed by atoms with Gasteiger partial charge in [0.15, 0.2) is 0 Å². The molecular weight excluding hydrogens is 438 g/mol. The van der Waals surface area contributed by atoms with Crippen LogP contribution < -0.4 is 5.32 Å². The van der Waals surface area contributed by atoms with Crippen molar-refractivity contribution in [2.24, 2.45) is 12.5 Å². The molecule has 7 rings (SSSR count). The van der Waals surface area contributed by atoms with Crippen LogP contribution in [0.25, 0.3) is 33.0 Å². The van der Waals surface area contributed by atoms with Gasteiger partial charge in [-0.15, -0.1) is 0 Å². The van der Waals surface area contributed by atoms with Crippen molar-refractivity contribution in [3.8, 4) is 0 Å². The molecule has 3 aliphatic heterocycles. The third-order valence-corrected chi connectivity index (χ3v) is 8.31. The smallest absolute Gasteiger partial charge is 0.347 e. The average molecular weight is 466 g/mol. The predicted octanol–water partition coefficient (Wildman–Crippen LogP) is 4.44. The second-order valence-electron chi connectivity index (χ2n) is 10.3. The fraction of sp³-hybridized carbons (Fsp3) is 0.310. The van der Waals surface area contributed by atoms with Crippen molar-refractivity contribution >= 4 is 44.9 Å². The SMILES string of the molecule is Cn1cc(C2=C(c3c4n(c5ccccc35)CCC3(CCCNC3)C4)C(=O)OC2=O)c2ccccc21. The molecule has 3 aliphatic rings. The van der Waals surface area contributed by atoms with Gasteiger partial charge in [0.05, 0.1) is 11.1 Å². The van der Waals surface area contributed by atoms with Crippen LogP contribution in [0.2, 0.25) is 0 Å². The fourth-order valence-electron chi connectivity index (χ4n) is 6.66. The Labute approximate surface area is 203 Å². The maximum absolute atomic E-state index is 13.4. The van der Waals surface area contributed by atoms with Crippen molar-refractivity contribution in [1.29, 1.82) is 0 Å². The quantitative estimate of drug-likeness (QED) is 0.351. The number of cyclic esters (lactones) is 2. The number of rotatable bonds is 2. The highest BCUT2D eigenvalue weighted by atomic mass is 16.6. The number of para-hydroxylation sites is 2. The summed E-state index contributed by atoms with van der Waals surface area (Å²) in [6, 6.07) is 16.2. The van der Waals surface area contributed by atoms with Gasteiger partial charge in [0, 0.05) is 65.0 Å².